The Kier molecular flexibility index (Phi) is 6.61. The van der Waals surface area contributed by atoms with Crippen molar-refractivity contribution in [2.45, 2.75) is 68.6 Å². The van der Waals surface area contributed by atoms with Gasteiger partial charge in [0.2, 0.25) is 0 Å². The zero-order chi connectivity index (χ0) is 25.6. The number of rotatable bonds is 8. The van der Waals surface area contributed by atoms with E-state index < -0.39 is 27.8 Å². The molecule has 0 unspecified atom stereocenters. The minimum absolute atomic E-state index is 0.0286. The first-order valence-corrected chi connectivity index (χ1v) is 19.6. The van der Waals surface area contributed by atoms with Crippen LogP contribution in [0.25, 0.3) is 0 Å². The van der Waals surface area contributed by atoms with E-state index in [2.05, 4.69) is 62.9 Å². The number of hydrogen-bond donors (Lipinski definition) is 0. The lowest BCUT2D eigenvalue weighted by molar-refractivity contribution is -0.176. The van der Waals surface area contributed by atoms with Crippen LogP contribution >= 0.6 is 0 Å². The molecule has 35 heavy (non-hydrogen) atoms. The van der Waals surface area contributed by atoms with Crippen molar-refractivity contribution in [3.05, 3.63) is 84.4 Å². The lowest BCUT2D eigenvalue weighted by Crippen LogP contribution is -2.82. The van der Waals surface area contributed by atoms with Gasteiger partial charge in [0.1, 0.15) is 6.61 Å². The second kappa shape index (κ2) is 9.10. The molecule has 5 nitrogen and oxygen atoms in total. The van der Waals surface area contributed by atoms with Crippen LogP contribution in [-0.4, -0.2) is 55.4 Å². The van der Waals surface area contributed by atoms with Gasteiger partial charge in [-0.3, -0.25) is 9.69 Å². The summed E-state index contributed by atoms with van der Waals surface area (Å²) in [6, 6.07) is 19.5. The van der Waals surface area contributed by atoms with Crippen molar-refractivity contribution in [3.8, 4) is 0 Å². The maximum absolute atomic E-state index is 14.6. The number of amides is 2. The van der Waals surface area contributed by atoms with Crippen molar-refractivity contribution in [3.63, 3.8) is 0 Å². The van der Waals surface area contributed by atoms with Gasteiger partial charge in [0.15, 0.2) is 5.54 Å². The van der Waals surface area contributed by atoms with E-state index in [1.807, 2.05) is 48.5 Å². The molecule has 0 spiro atoms. The number of hydrogen-bond acceptors (Lipinski definition) is 3. The average molecular weight is 507 g/mol. The number of nitrogens with zero attached hydrogens (tertiary/aromatic N) is 2. The highest BCUT2D eigenvalue weighted by Crippen LogP contribution is 2.56. The number of carbonyl (C=O) groups is 2. The Morgan fingerprint density at radius 1 is 0.943 bits per heavy atom. The van der Waals surface area contributed by atoms with Gasteiger partial charge in [-0.2, -0.15) is 0 Å². The summed E-state index contributed by atoms with van der Waals surface area (Å²) >= 11 is 0. The van der Waals surface area contributed by atoms with E-state index in [1.165, 1.54) is 0 Å². The van der Waals surface area contributed by atoms with E-state index in [0.717, 1.165) is 11.1 Å². The third-order valence-corrected chi connectivity index (χ3v) is 16.3. The molecular formula is C28H38N2O3Si2. The van der Waals surface area contributed by atoms with Crippen LogP contribution in [0.5, 0.6) is 0 Å². The molecule has 0 aliphatic carbocycles. The zero-order valence-corrected chi connectivity index (χ0v) is 23.8. The first-order chi connectivity index (χ1) is 16.4. The average Bonchev–Trinajstić information content (AvgIpc) is 3.18. The lowest BCUT2D eigenvalue weighted by Gasteiger charge is -2.65. The molecular weight excluding hydrogens is 468 g/mol. The first-order valence-electron chi connectivity index (χ1n) is 12.4. The third kappa shape index (κ3) is 4.18. The number of carbonyl (C=O) groups excluding carboxylic acids is 2. The van der Waals surface area contributed by atoms with E-state index in [0.29, 0.717) is 6.42 Å². The van der Waals surface area contributed by atoms with Crippen LogP contribution in [0, 0.1) is 0 Å². The molecule has 0 saturated carbocycles. The quantitative estimate of drug-likeness (QED) is 0.243. The lowest BCUT2D eigenvalue weighted by atomic mass is 9.71. The van der Waals surface area contributed by atoms with Gasteiger partial charge < -0.3 is 9.64 Å². The molecule has 7 heteroatoms. The number of cyclic esters (lactones) is 1. The third-order valence-electron chi connectivity index (χ3n) is 7.31. The van der Waals surface area contributed by atoms with Gasteiger partial charge in [-0.25, -0.2) is 4.79 Å². The summed E-state index contributed by atoms with van der Waals surface area (Å²) < 4.78 is 5.62. The van der Waals surface area contributed by atoms with Gasteiger partial charge >= 0.3 is 6.09 Å². The minimum Gasteiger partial charge on any atom is -0.447 e. The summed E-state index contributed by atoms with van der Waals surface area (Å²) in [6.07, 6.45) is 1.74. The number of ether oxygens (including phenoxy) is 1. The van der Waals surface area contributed by atoms with Crippen LogP contribution in [-0.2, 0) is 9.53 Å². The monoisotopic (exact) mass is 506 g/mol. The van der Waals surface area contributed by atoms with Crippen molar-refractivity contribution >= 4 is 28.1 Å². The molecule has 0 bridgehead atoms. The molecule has 2 aromatic carbocycles. The Morgan fingerprint density at radius 3 is 1.94 bits per heavy atom. The molecule has 3 atom stereocenters. The maximum Gasteiger partial charge on any atom is 0.411 e. The molecule has 0 radical (unpaired) electrons. The van der Waals surface area contributed by atoms with Crippen molar-refractivity contribution in [1.82, 2.24) is 9.80 Å². The van der Waals surface area contributed by atoms with Crippen LogP contribution in [0.1, 0.15) is 29.6 Å². The number of benzene rings is 2. The Bertz CT molecular complexity index is 1080. The minimum atomic E-state index is -1.79. The summed E-state index contributed by atoms with van der Waals surface area (Å²) in [5.41, 5.74) is 0.975. The van der Waals surface area contributed by atoms with Gasteiger partial charge in [0.25, 0.3) is 5.91 Å². The van der Waals surface area contributed by atoms with E-state index in [9.17, 15) is 9.59 Å². The second-order valence-corrected chi connectivity index (χ2v) is 23.1. The SMILES string of the molecule is C=CC[C@]1(N2C(=O)OC[C@@H]2c2ccccc2)C(=O)N(C([Si](C)(C)C)[Si](C)(C)C)[C@@H]1c1ccccc1. The summed E-state index contributed by atoms with van der Waals surface area (Å²) in [4.78, 5) is 31.9. The summed E-state index contributed by atoms with van der Waals surface area (Å²) in [7, 11) is -3.58. The first kappa shape index (κ1) is 25.4. The van der Waals surface area contributed by atoms with Gasteiger partial charge in [-0.05, 0) is 17.5 Å². The van der Waals surface area contributed by atoms with Crippen LogP contribution in [0.4, 0.5) is 4.79 Å². The highest BCUT2D eigenvalue weighted by molar-refractivity contribution is 6.96. The normalized spacial score (nSPS) is 25.0. The Hall–Kier alpha value is -2.65. The standard InChI is InChI=1S/C28H38N2O3Si2/c1-8-19-28(30-23(20-33-26(30)32)21-15-11-9-12-16-21)24(22-17-13-10-14-18-22)29(25(28)31)27(34(2,3)4)35(5,6)7/h8-18,23-24,27H,1,19-20H2,2-7H3/t23-,24-,28-/m1/s1. The number of β-lactam (4-membered cyclic amide) rings is 1. The Balaban J connectivity index is 1.92. The molecule has 0 N–H and O–H groups in total. The molecule has 2 saturated heterocycles. The maximum atomic E-state index is 14.6. The molecule has 0 aromatic heterocycles. The fraction of sp³-hybridized carbons (Fsp3) is 0.429. The zero-order valence-electron chi connectivity index (χ0n) is 21.8. The molecule has 2 aliphatic heterocycles. The molecule has 2 aromatic rings. The van der Waals surface area contributed by atoms with Gasteiger partial charge in [0, 0.05) is 5.29 Å². The van der Waals surface area contributed by atoms with Crippen LogP contribution in [0.15, 0.2) is 73.3 Å². The predicted molar refractivity (Wildman–Crippen MR) is 146 cm³/mol. The highest BCUT2D eigenvalue weighted by Gasteiger charge is 2.70. The van der Waals surface area contributed by atoms with Gasteiger partial charge in [0.05, 0.1) is 28.2 Å². The molecule has 4 rings (SSSR count). The van der Waals surface area contributed by atoms with Crippen molar-refractivity contribution in [2.24, 2.45) is 0 Å². The van der Waals surface area contributed by atoms with E-state index >= 15 is 0 Å². The fourth-order valence-corrected chi connectivity index (χ4v) is 19.2. The number of likely N-dealkylation sites (tertiary alicyclic amines) is 1. The summed E-state index contributed by atoms with van der Waals surface area (Å²) in [6.45, 7) is 18.4. The molecule has 2 heterocycles. The molecule has 186 valence electrons. The molecule has 2 fully saturated rings. The van der Waals surface area contributed by atoms with Crippen LogP contribution in [0.3, 0.4) is 0 Å². The van der Waals surface area contributed by atoms with Crippen LogP contribution < -0.4 is 0 Å². The smallest absolute Gasteiger partial charge is 0.411 e. The Morgan fingerprint density at radius 2 is 1.46 bits per heavy atom. The second-order valence-electron chi connectivity index (χ2n) is 12.0. The van der Waals surface area contributed by atoms with Crippen LogP contribution in [0.2, 0.25) is 39.3 Å². The molecule has 2 amide bonds. The predicted octanol–water partition coefficient (Wildman–Crippen LogP) is 6.20. The van der Waals surface area contributed by atoms with Gasteiger partial charge in [-0.1, -0.05) is 106 Å². The molecule has 2 aliphatic rings. The fourth-order valence-electron chi connectivity index (χ4n) is 6.63. The van der Waals surface area contributed by atoms with Crippen molar-refractivity contribution < 1.29 is 14.3 Å². The highest BCUT2D eigenvalue weighted by atomic mass is 28.4. The van der Waals surface area contributed by atoms with Crippen molar-refractivity contribution in [2.75, 3.05) is 6.61 Å². The van der Waals surface area contributed by atoms with E-state index in [4.69, 9.17) is 4.74 Å². The van der Waals surface area contributed by atoms with E-state index in [1.54, 1.807) is 11.0 Å². The van der Waals surface area contributed by atoms with Crippen molar-refractivity contribution in [1.29, 1.82) is 0 Å². The topological polar surface area (TPSA) is 49.9 Å². The Labute approximate surface area is 211 Å². The largest absolute Gasteiger partial charge is 0.447 e. The van der Waals surface area contributed by atoms with Gasteiger partial charge in [-0.15, -0.1) is 6.58 Å². The summed E-state index contributed by atoms with van der Waals surface area (Å²) in [5, 5.41) is 0.222. The summed E-state index contributed by atoms with van der Waals surface area (Å²) in [5.74, 6) is 0.0286. The van der Waals surface area contributed by atoms with E-state index in [-0.39, 0.29) is 29.9 Å².